The molecule has 0 spiro atoms. The fourth-order valence-corrected chi connectivity index (χ4v) is 3.11. The molecule has 0 bridgehead atoms. The van der Waals surface area contributed by atoms with Crippen LogP contribution in [0.25, 0.3) is 0 Å². The van der Waals surface area contributed by atoms with Crippen LogP contribution in [0.2, 0.25) is 0 Å². The van der Waals surface area contributed by atoms with Gasteiger partial charge in [-0.1, -0.05) is 38.9 Å². The summed E-state index contributed by atoms with van der Waals surface area (Å²) in [5.41, 5.74) is 5.18. The van der Waals surface area contributed by atoms with Crippen LogP contribution in [0, 0.1) is 5.41 Å². The first-order valence-corrected chi connectivity index (χ1v) is 7.74. The third-order valence-electron chi connectivity index (χ3n) is 3.83. The molecule has 0 aromatic rings. The van der Waals surface area contributed by atoms with Crippen molar-refractivity contribution in [3.05, 3.63) is 0 Å². The molecular weight excluding hydrogens is 274 g/mol. The Bertz CT molecular complexity index is 379. The highest BCUT2D eigenvalue weighted by Gasteiger charge is 2.42. The van der Waals surface area contributed by atoms with Crippen LogP contribution in [0.1, 0.15) is 46.0 Å². The topological polar surface area (TPSA) is 75.4 Å². The monoisotopic (exact) mass is 299 g/mol. The Balaban J connectivity index is 2.96. The van der Waals surface area contributed by atoms with Gasteiger partial charge >= 0.3 is 0 Å². The van der Waals surface area contributed by atoms with E-state index in [-0.39, 0.29) is 16.8 Å². The maximum Gasteiger partial charge on any atom is 0.235 e. The number of hydrogen-bond acceptors (Lipinski definition) is 3. The van der Waals surface area contributed by atoms with Gasteiger partial charge in [-0.2, -0.15) is 0 Å². The lowest BCUT2D eigenvalue weighted by atomic mass is 9.77. The molecule has 0 atom stereocenters. The van der Waals surface area contributed by atoms with Gasteiger partial charge in [-0.25, -0.2) is 0 Å². The van der Waals surface area contributed by atoms with Crippen molar-refractivity contribution in [2.24, 2.45) is 11.1 Å². The molecule has 0 aromatic heterocycles. The number of nitrogens with zero attached hydrogens (tertiary/aromatic N) is 1. The summed E-state index contributed by atoms with van der Waals surface area (Å²) < 4.78 is 0. The van der Waals surface area contributed by atoms with Crippen LogP contribution in [0.3, 0.4) is 0 Å². The number of nitrogens with two attached hydrogens (primary N) is 1. The van der Waals surface area contributed by atoms with E-state index in [2.05, 4.69) is 5.32 Å². The first-order valence-electron chi connectivity index (χ1n) is 7.34. The SMILES string of the molecule is CCCC(CCC)(C(=O)N1CCNC(=O)CC1)C(N)=S. The number of hydrogen-bond donors (Lipinski definition) is 2. The van der Waals surface area contributed by atoms with E-state index in [9.17, 15) is 9.59 Å². The highest BCUT2D eigenvalue weighted by Crippen LogP contribution is 2.33. The van der Waals surface area contributed by atoms with Crippen molar-refractivity contribution in [1.29, 1.82) is 0 Å². The van der Waals surface area contributed by atoms with E-state index in [4.69, 9.17) is 18.0 Å². The molecule has 1 aliphatic heterocycles. The van der Waals surface area contributed by atoms with Gasteiger partial charge in [0.15, 0.2) is 0 Å². The van der Waals surface area contributed by atoms with Gasteiger partial charge in [0.2, 0.25) is 11.8 Å². The zero-order valence-corrected chi connectivity index (χ0v) is 13.2. The third kappa shape index (κ3) is 3.69. The number of amides is 2. The quantitative estimate of drug-likeness (QED) is 0.723. The van der Waals surface area contributed by atoms with Gasteiger partial charge in [-0.15, -0.1) is 0 Å². The molecule has 6 heteroatoms. The van der Waals surface area contributed by atoms with Crippen LogP contribution in [-0.2, 0) is 9.59 Å². The lowest BCUT2D eigenvalue weighted by Gasteiger charge is -2.36. The Hall–Kier alpha value is -1.17. The van der Waals surface area contributed by atoms with Crippen LogP contribution >= 0.6 is 12.2 Å². The molecule has 3 N–H and O–H groups in total. The maximum atomic E-state index is 12.9. The lowest BCUT2D eigenvalue weighted by molar-refractivity contribution is -0.138. The summed E-state index contributed by atoms with van der Waals surface area (Å²) in [7, 11) is 0. The minimum atomic E-state index is -0.744. The Kier molecular flexibility index (Phi) is 6.39. The first kappa shape index (κ1) is 16.9. The molecular formula is C14H25N3O2S. The fourth-order valence-electron chi connectivity index (χ4n) is 2.82. The van der Waals surface area contributed by atoms with E-state index >= 15 is 0 Å². The zero-order valence-electron chi connectivity index (χ0n) is 12.4. The van der Waals surface area contributed by atoms with E-state index < -0.39 is 5.41 Å². The minimum absolute atomic E-state index is 0.00721. The van der Waals surface area contributed by atoms with E-state index in [0.717, 1.165) is 12.8 Å². The highest BCUT2D eigenvalue weighted by molar-refractivity contribution is 7.80. The molecule has 1 heterocycles. The second-order valence-electron chi connectivity index (χ2n) is 5.34. The van der Waals surface area contributed by atoms with Crippen molar-refractivity contribution in [1.82, 2.24) is 10.2 Å². The van der Waals surface area contributed by atoms with Crippen molar-refractivity contribution >= 4 is 29.0 Å². The van der Waals surface area contributed by atoms with Gasteiger partial charge in [-0.05, 0) is 12.8 Å². The molecule has 0 saturated carbocycles. The number of carbonyl (C=O) groups excluding carboxylic acids is 2. The molecule has 2 amide bonds. The summed E-state index contributed by atoms with van der Waals surface area (Å²) in [4.78, 5) is 26.3. The highest BCUT2D eigenvalue weighted by atomic mass is 32.1. The number of carbonyl (C=O) groups is 2. The number of thiocarbonyl (C=S) groups is 1. The second kappa shape index (κ2) is 7.57. The maximum absolute atomic E-state index is 12.9. The second-order valence-corrected chi connectivity index (χ2v) is 5.78. The van der Waals surface area contributed by atoms with E-state index in [1.165, 1.54) is 0 Å². The Morgan fingerprint density at radius 3 is 2.45 bits per heavy atom. The summed E-state index contributed by atoms with van der Waals surface area (Å²) >= 11 is 5.21. The molecule has 0 aliphatic carbocycles. The molecule has 20 heavy (non-hydrogen) atoms. The molecule has 1 fully saturated rings. The Labute approximate surface area is 126 Å². The standard InChI is InChI=1S/C14H25N3O2S/c1-3-6-14(7-4-2,12(15)20)13(19)17-9-5-11(18)16-8-10-17/h3-10H2,1-2H3,(H2,15,20)(H,16,18). The molecule has 0 radical (unpaired) electrons. The molecule has 1 rings (SSSR count). The van der Waals surface area contributed by atoms with Crippen LogP contribution in [-0.4, -0.2) is 41.3 Å². The average Bonchev–Trinajstić information content (AvgIpc) is 2.62. The van der Waals surface area contributed by atoms with E-state index in [0.29, 0.717) is 38.9 Å². The van der Waals surface area contributed by atoms with Crippen LogP contribution in [0.4, 0.5) is 0 Å². The molecule has 0 unspecified atom stereocenters. The largest absolute Gasteiger partial charge is 0.392 e. The van der Waals surface area contributed by atoms with Gasteiger partial charge in [-0.3, -0.25) is 9.59 Å². The normalized spacial score (nSPS) is 16.5. The Morgan fingerprint density at radius 2 is 1.95 bits per heavy atom. The minimum Gasteiger partial charge on any atom is -0.392 e. The number of nitrogens with one attached hydrogen (secondary N) is 1. The molecule has 1 aliphatic rings. The molecule has 114 valence electrons. The summed E-state index contributed by atoms with van der Waals surface area (Å²) in [6.07, 6.45) is 3.40. The van der Waals surface area contributed by atoms with Gasteiger partial charge in [0.05, 0.1) is 10.4 Å². The lowest BCUT2D eigenvalue weighted by Crippen LogP contribution is -2.51. The smallest absolute Gasteiger partial charge is 0.235 e. The van der Waals surface area contributed by atoms with Crippen molar-refractivity contribution < 1.29 is 9.59 Å². The van der Waals surface area contributed by atoms with Crippen molar-refractivity contribution in [3.63, 3.8) is 0 Å². The predicted molar refractivity (Wildman–Crippen MR) is 83.2 cm³/mol. The van der Waals surface area contributed by atoms with E-state index in [1.54, 1.807) is 4.90 Å². The van der Waals surface area contributed by atoms with Gasteiger partial charge in [0.1, 0.15) is 0 Å². The number of rotatable bonds is 6. The third-order valence-corrected chi connectivity index (χ3v) is 4.23. The van der Waals surface area contributed by atoms with Gasteiger partial charge < -0.3 is 16.0 Å². The molecule has 1 saturated heterocycles. The van der Waals surface area contributed by atoms with Crippen LogP contribution in [0.15, 0.2) is 0 Å². The summed E-state index contributed by atoms with van der Waals surface area (Å²) in [5.74, 6) is -0.0163. The van der Waals surface area contributed by atoms with Crippen LogP contribution < -0.4 is 11.1 Å². The summed E-state index contributed by atoms with van der Waals surface area (Å²) in [6, 6.07) is 0. The van der Waals surface area contributed by atoms with Gasteiger partial charge in [0, 0.05) is 26.1 Å². The molecule has 0 aromatic carbocycles. The zero-order chi connectivity index (χ0) is 15.2. The predicted octanol–water partition coefficient (Wildman–Crippen LogP) is 1.21. The van der Waals surface area contributed by atoms with Crippen molar-refractivity contribution in [3.8, 4) is 0 Å². The van der Waals surface area contributed by atoms with Crippen LogP contribution in [0.5, 0.6) is 0 Å². The van der Waals surface area contributed by atoms with E-state index in [1.807, 2.05) is 13.8 Å². The van der Waals surface area contributed by atoms with Gasteiger partial charge in [0.25, 0.3) is 0 Å². The average molecular weight is 299 g/mol. The van der Waals surface area contributed by atoms with Crippen molar-refractivity contribution in [2.75, 3.05) is 19.6 Å². The molecule has 5 nitrogen and oxygen atoms in total. The summed E-state index contributed by atoms with van der Waals surface area (Å²) in [6.45, 7) is 5.54. The Morgan fingerprint density at radius 1 is 1.35 bits per heavy atom. The first-order chi connectivity index (χ1) is 9.47. The summed E-state index contributed by atoms with van der Waals surface area (Å²) in [5, 5.41) is 2.78. The fraction of sp³-hybridized carbons (Fsp3) is 0.786. The van der Waals surface area contributed by atoms with Crippen molar-refractivity contribution in [2.45, 2.75) is 46.0 Å².